The first kappa shape index (κ1) is 20.4. The van der Waals surface area contributed by atoms with Crippen LogP contribution in [0.2, 0.25) is 0 Å². The third-order valence-corrected chi connectivity index (χ3v) is 5.50. The van der Waals surface area contributed by atoms with E-state index in [-0.39, 0.29) is 29.9 Å². The molecule has 4 aromatic rings. The number of carbonyl (C=O) groups excluding carboxylic acids is 1. The first-order chi connectivity index (χ1) is 16.1. The minimum atomic E-state index is -0.582. The number of rotatable bonds is 7. The number of hydrogen-bond donors (Lipinski definition) is 2. The Labute approximate surface area is 188 Å². The fourth-order valence-corrected chi connectivity index (χ4v) is 3.74. The molecule has 0 saturated heterocycles. The largest absolute Gasteiger partial charge is 0.454 e. The Morgan fingerprint density at radius 3 is 2.97 bits per heavy atom. The first-order valence-electron chi connectivity index (χ1n) is 9.33. The maximum atomic E-state index is 12.8. The molecule has 0 radical (unpaired) electrons. The molecule has 0 unspecified atom stereocenters. The van der Waals surface area contributed by atoms with Crippen molar-refractivity contribution < 1.29 is 18.9 Å². The number of aromatic nitrogens is 8. The summed E-state index contributed by atoms with van der Waals surface area (Å²) in [7, 11) is 1.80. The lowest BCUT2D eigenvalue weighted by Gasteiger charge is -2.05. The molecule has 1 aromatic carbocycles. The van der Waals surface area contributed by atoms with Crippen molar-refractivity contribution in [1.29, 1.82) is 0 Å². The van der Waals surface area contributed by atoms with Gasteiger partial charge in [0.25, 0.3) is 5.91 Å². The Morgan fingerprint density at radius 2 is 2.18 bits per heavy atom. The Bertz CT molecular complexity index is 1340. The van der Waals surface area contributed by atoms with Gasteiger partial charge in [-0.2, -0.15) is 9.78 Å². The van der Waals surface area contributed by atoms with Gasteiger partial charge in [-0.25, -0.2) is 10.1 Å². The summed E-state index contributed by atoms with van der Waals surface area (Å²) in [6.07, 6.45) is 3.04. The highest BCUT2D eigenvalue weighted by Crippen LogP contribution is 2.32. The summed E-state index contributed by atoms with van der Waals surface area (Å²) < 4.78 is 18.3. The zero-order chi connectivity index (χ0) is 22.8. The maximum Gasteiger partial charge on any atom is 0.293 e. The molecule has 1 aliphatic rings. The second kappa shape index (κ2) is 8.58. The van der Waals surface area contributed by atoms with E-state index in [4.69, 9.17) is 15.2 Å². The lowest BCUT2D eigenvalue weighted by atomic mass is 10.2. The van der Waals surface area contributed by atoms with E-state index in [9.17, 15) is 4.79 Å². The smallest absolute Gasteiger partial charge is 0.293 e. The van der Waals surface area contributed by atoms with Gasteiger partial charge in [0.2, 0.25) is 18.4 Å². The van der Waals surface area contributed by atoms with Crippen LogP contribution < -0.4 is 20.6 Å². The highest BCUT2D eigenvalue weighted by Gasteiger charge is 2.24. The Morgan fingerprint density at radius 1 is 1.30 bits per heavy atom. The number of nitrogens with zero attached hydrogens (tertiary/aromatic N) is 9. The van der Waals surface area contributed by atoms with Crippen LogP contribution in [0.3, 0.4) is 0 Å². The second-order valence-electron chi connectivity index (χ2n) is 6.59. The molecule has 16 heteroatoms. The highest BCUT2D eigenvalue weighted by atomic mass is 32.2. The maximum absolute atomic E-state index is 12.8. The molecule has 0 aliphatic carbocycles. The molecular formula is C17H15N11O4S. The van der Waals surface area contributed by atoms with Gasteiger partial charge in [-0.05, 0) is 34.1 Å². The number of nitrogen functional groups attached to an aromatic ring is 1. The lowest BCUT2D eigenvalue weighted by Crippen LogP contribution is -2.20. The summed E-state index contributed by atoms with van der Waals surface area (Å²) in [4.78, 5) is 12.8. The van der Waals surface area contributed by atoms with E-state index in [1.807, 2.05) is 0 Å². The SMILES string of the molecule is Cn1cnnc1SCc1c(C(=O)N/N=C\c2ccc3c(c2)OCO3)nnn1-c1nonc1N. The van der Waals surface area contributed by atoms with Crippen LogP contribution in [0.25, 0.3) is 5.82 Å². The number of fused-ring (bicyclic) bond motifs is 1. The number of ether oxygens (including phenoxy) is 2. The van der Waals surface area contributed by atoms with Gasteiger partial charge in [-0.3, -0.25) is 4.79 Å². The summed E-state index contributed by atoms with van der Waals surface area (Å²) in [5.74, 6) is 1.04. The molecule has 3 aromatic heterocycles. The third-order valence-electron chi connectivity index (χ3n) is 4.46. The first-order valence-corrected chi connectivity index (χ1v) is 10.3. The van der Waals surface area contributed by atoms with Gasteiger partial charge < -0.3 is 19.8 Å². The van der Waals surface area contributed by atoms with Crippen molar-refractivity contribution in [2.75, 3.05) is 12.5 Å². The molecule has 0 atom stereocenters. The molecule has 3 N–H and O–H groups in total. The van der Waals surface area contributed by atoms with Gasteiger partial charge >= 0.3 is 0 Å². The van der Waals surface area contributed by atoms with Crippen LogP contribution in [0.15, 0.2) is 39.4 Å². The monoisotopic (exact) mass is 469 g/mol. The van der Waals surface area contributed by atoms with E-state index in [0.29, 0.717) is 27.9 Å². The molecule has 1 aliphatic heterocycles. The van der Waals surface area contributed by atoms with Crippen molar-refractivity contribution in [2.45, 2.75) is 10.9 Å². The van der Waals surface area contributed by atoms with E-state index in [2.05, 4.69) is 46.0 Å². The minimum Gasteiger partial charge on any atom is -0.454 e. The fourth-order valence-electron chi connectivity index (χ4n) is 2.86. The zero-order valence-electron chi connectivity index (χ0n) is 16.9. The standard InChI is InChI=1S/C17H15N11O4S/c1-27-7-20-23-17(27)33-6-10-13(21-26-28(10)15-14(18)24-32-25-15)16(29)22-19-5-9-2-3-11-12(4-9)31-8-30-11/h2-5,7H,6,8H2,1H3,(H2,18,24)(H,22,29)/b19-5-. The normalized spacial score (nSPS) is 12.5. The molecule has 0 saturated carbocycles. The molecule has 33 heavy (non-hydrogen) atoms. The number of anilines is 1. The molecule has 0 fully saturated rings. The molecule has 0 spiro atoms. The topological polar surface area (TPSA) is 186 Å². The number of carbonyl (C=O) groups is 1. The number of nitrogens with one attached hydrogen (secondary N) is 1. The Hall–Kier alpha value is -4.47. The van der Waals surface area contributed by atoms with Gasteiger partial charge in [0.05, 0.1) is 11.9 Å². The second-order valence-corrected chi connectivity index (χ2v) is 7.54. The highest BCUT2D eigenvalue weighted by molar-refractivity contribution is 7.98. The van der Waals surface area contributed by atoms with Crippen molar-refractivity contribution in [3.8, 4) is 17.3 Å². The molecule has 5 rings (SSSR count). The van der Waals surface area contributed by atoms with Crippen LogP contribution in [0.1, 0.15) is 21.7 Å². The summed E-state index contributed by atoms with van der Waals surface area (Å²) in [6, 6.07) is 5.29. The summed E-state index contributed by atoms with van der Waals surface area (Å²) in [5, 5.41) is 27.7. The molecule has 15 nitrogen and oxygen atoms in total. The third kappa shape index (κ3) is 4.05. The number of hydrazone groups is 1. The van der Waals surface area contributed by atoms with Crippen LogP contribution >= 0.6 is 11.8 Å². The summed E-state index contributed by atoms with van der Waals surface area (Å²) in [5.41, 5.74) is 9.36. The fraction of sp³-hybridized carbons (Fsp3) is 0.176. The van der Waals surface area contributed by atoms with Gasteiger partial charge in [-0.15, -0.1) is 15.3 Å². The van der Waals surface area contributed by atoms with E-state index >= 15 is 0 Å². The Kier molecular flexibility index (Phi) is 5.31. The lowest BCUT2D eigenvalue weighted by molar-refractivity contribution is 0.0949. The van der Waals surface area contributed by atoms with E-state index in [1.165, 1.54) is 22.7 Å². The van der Waals surface area contributed by atoms with Crippen molar-refractivity contribution >= 4 is 29.7 Å². The quantitative estimate of drug-likeness (QED) is 0.212. The number of amides is 1. The van der Waals surface area contributed by atoms with Gasteiger partial charge in [0, 0.05) is 12.8 Å². The van der Waals surface area contributed by atoms with Gasteiger partial charge in [-0.1, -0.05) is 17.0 Å². The van der Waals surface area contributed by atoms with Crippen molar-refractivity contribution in [2.24, 2.45) is 12.1 Å². The summed E-state index contributed by atoms with van der Waals surface area (Å²) in [6.45, 7) is 0.170. The van der Waals surface area contributed by atoms with Gasteiger partial charge in [0.15, 0.2) is 22.3 Å². The van der Waals surface area contributed by atoms with Crippen LogP contribution in [0.5, 0.6) is 11.5 Å². The van der Waals surface area contributed by atoms with E-state index in [1.54, 1.807) is 36.1 Å². The molecule has 1 amide bonds. The predicted molar refractivity (Wildman–Crippen MR) is 112 cm³/mol. The molecule has 4 heterocycles. The number of hydrogen-bond acceptors (Lipinski definition) is 13. The van der Waals surface area contributed by atoms with Crippen LogP contribution in [0, 0.1) is 0 Å². The van der Waals surface area contributed by atoms with Crippen molar-refractivity contribution in [1.82, 2.24) is 45.5 Å². The number of aryl methyl sites for hydroxylation is 1. The number of nitrogens with two attached hydrogens (primary N) is 1. The number of benzene rings is 1. The molecule has 168 valence electrons. The minimum absolute atomic E-state index is 0.00223. The average Bonchev–Trinajstić information content (AvgIpc) is 3.59. The summed E-state index contributed by atoms with van der Waals surface area (Å²) >= 11 is 1.32. The average molecular weight is 469 g/mol. The predicted octanol–water partition coefficient (Wildman–Crippen LogP) is 0.146. The zero-order valence-corrected chi connectivity index (χ0v) is 17.8. The van der Waals surface area contributed by atoms with E-state index < -0.39 is 5.91 Å². The van der Waals surface area contributed by atoms with Crippen LogP contribution in [-0.4, -0.2) is 59.0 Å². The molecular weight excluding hydrogens is 454 g/mol. The molecule has 0 bridgehead atoms. The van der Waals surface area contributed by atoms with Crippen molar-refractivity contribution in [3.63, 3.8) is 0 Å². The van der Waals surface area contributed by atoms with Gasteiger partial charge in [0.1, 0.15) is 6.33 Å². The number of thioether (sulfide) groups is 1. The van der Waals surface area contributed by atoms with E-state index in [0.717, 1.165) is 0 Å². The Balaban J connectivity index is 1.37. The van der Waals surface area contributed by atoms with Crippen LogP contribution in [-0.2, 0) is 12.8 Å². The van der Waals surface area contributed by atoms with Crippen LogP contribution in [0.4, 0.5) is 5.82 Å². The van der Waals surface area contributed by atoms with Crippen molar-refractivity contribution in [3.05, 3.63) is 41.5 Å².